The number of rotatable bonds is 5. The lowest BCUT2D eigenvalue weighted by molar-refractivity contribution is 0.216. The third kappa shape index (κ3) is 4.63. The fourth-order valence-corrected chi connectivity index (χ4v) is 1.55. The summed E-state index contributed by atoms with van der Waals surface area (Å²) in [5.41, 5.74) is 6.11. The highest BCUT2D eigenvalue weighted by atomic mass is 16.5. The van der Waals surface area contributed by atoms with Crippen LogP contribution in [0.5, 0.6) is 11.5 Å². The molecule has 0 fully saturated rings. The minimum atomic E-state index is 0.329. The maximum atomic E-state index is 5.56. The third-order valence-electron chi connectivity index (χ3n) is 2.41. The average Bonchev–Trinajstić information content (AvgIpc) is 2.51. The highest BCUT2D eigenvalue weighted by molar-refractivity contribution is 5.36. The van der Waals surface area contributed by atoms with Crippen LogP contribution in [-0.2, 0) is 0 Å². The van der Waals surface area contributed by atoms with E-state index >= 15 is 0 Å². The molecule has 2 N–H and O–H groups in total. The van der Waals surface area contributed by atoms with Crippen LogP contribution in [0.25, 0.3) is 0 Å². The third-order valence-corrected chi connectivity index (χ3v) is 2.41. The van der Waals surface area contributed by atoms with Crippen molar-refractivity contribution < 1.29 is 9.47 Å². The van der Waals surface area contributed by atoms with Gasteiger partial charge in [0.05, 0.1) is 12.7 Å². The number of pyridine rings is 1. The highest BCUT2D eigenvalue weighted by Crippen LogP contribution is 2.11. The Labute approximate surface area is 118 Å². The second kappa shape index (κ2) is 7.82. The van der Waals surface area contributed by atoms with Crippen LogP contribution in [-0.4, -0.2) is 24.7 Å². The highest BCUT2D eigenvalue weighted by Gasteiger charge is 1.97. The zero-order valence-corrected chi connectivity index (χ0v) is 11.1. The summed E-state index contributed by atoms with van der Waals surface area (Å²) in [6, 6.07) is 11.5. The second-order valence-electron chi connectivity index (χ2n) is 3.93. The van der Waals surface area contributed by atoms with Crippen molar-refractivity contribution in [1.82, 2.24) is 4.98 Å². The lowest BCUT2D eigenvalue weighted by Gasteiger charge is -2.08. The zero-order valence-electron chi connectivity index (χ0n) is 11.1. The Bertz CT molecular complexity index is 588. The molecule has 4 nitrogen and oxygen atoms in total. The van der Waals surface area contributed by atoms with E-state index in [9.17, 15) is 0 Å². The van der Waals surface area contributed by atoms with Crippen molar-refractivity contribution >= 4 is 0 Å². The molecule has 4 heteroatoms. The summed E-state index contributed by atoms with van der Waals surface area (Å²) in [5, 5.41) is 0. The van der Waals surface area contributed by atoms with Crippen molar-refractivity contribution in [2.24, 2.45) is 5.73 Å². The van der Waals surface area contributed by atoms with Gasteiger partial charge in [0.25, 0.3) is 0 Å². The first-order valence-electron chi connectivity index (χ1n) is 6.33. The summed E-state index contributed by atoms with van der Waals surface area (Å²) in [4.78, 5) is 4.07. The minimum absolute atomic E-state index is 0.329. The number of hydrogen-bond acceptors (Lipinski definition) is 4. The standard InChI is InChI=1S/C16H16N2O2/c17-8-4-5-14-11-16(13-18-12-14)20-10-9-19-15-6-2-1-3-7-15/h1-3,6-7,11-13H,8-10,17H2. The molecule has 2 aromatic rings. The van der Waals surface area contributed by atoms with Gasteiger partial charge in [-0.05, 0) is 18.2 Å². The van der Waals surface area contributed by atoms with E-state index in [2.05, 4.69) is 16.8 Å². The summed E-state index contributed by atoms with van der Waals surface area (Å²) in [6.45, 7) is 1.25. The Kier molecular flexibility index (Phi) is 5.44. The quantitative estimate of drug-likeness (QED) is 0.664. The van der Waals surface area contributed by atoms with Crippen LogP contribution in [0.15, 0.2) is 48.8 Å². The molecular weight excluding hydrogens is 252 g/mol. The fraction of sp³-hybridized carbons (Fsp3) is 0.188. The Morgan fingerprint density at radius 1 is 1.00 bits per heavy atom. The summed E-state index contributed by atoms with van der Waals surface area (Å²) < 4.78 is 11.1. The van der Waals surface area contributed by atoms with Gasteiger partial charge < -0.3 is 15.2 Å². The van der Waals surface area contributed by atoms with E-state index < -0.39 is 0 Å². The molecule has 0 unspecified atom stereocenters. The van der Waals surface area contributed by atoms with Gasteiger partial charge in [-0.3, -0.25) is 4.98 Å². The number of nitrogens with two attached hydrogens (primary N) is 1. The van der Waals surface area contributed by atoms with Gasteiger partial charge in [0, 0.05) is 11.8 Å². The smallest absolute Gasteiger partial charge is 0.139 e. The van der Waals surface area contributed by atoms with Crippen LogP contribution in [0.2, 0.25) is 0 Å². The fourth-order valence-electron chi connectivity index (χ4n) is 1.55. The first-order chi connectivity index (χ1) is 9.88. The SMILES string of the molecule is NCC#Cc1cncc(OCCOc2ccccc2)c1. The van der Waals surface area contributed by atoms with E-state index in [1.807, 2.05) is 36.4 Å². The first-order valence-corrected chi connectivity index (χ1v) is 6.33. The van der Waals surface area contributed by atoms with Crippen molar-refractivity contribution in [3.8, 4) is 23.3 Å². The summed E-state index contributed by atoms with van der Waals surface area (Å²) in [6.07, 6.45) is 3.33. The number of ether oxygens (including phenoxy) is 2. The maximum Gasteiger partial charge on any atom is 0.139 e. The molecule has 0 saturated carbocycles. The van der Waals surface area contributed by atoms with Gasteiger partial charge in [-0.2, -0.15) is 0 Å². The van der Waals surface area contributed by atoms with Gasteiger partial charge in [-0.25, -0.2) is 0 Å². The maximum absolute atomic E-state index is 5.56. The molecule has 1 aromatic heterocycles. The van der Waals surface area contributed by atoms with Gasteiger partial charge in [0.15, 0.2) is 0 Å². The molecule has 0 amide bonds. The van der Waals surface area contributed by atoms with Gasteiger partial charge in [-0.1, -0.05) is 30.0 Å². The van der Waals surface area contributed by atoms with E-state index in [1.54, 1.807) is 12.4 Å². The summed E-state index contributed by atoms with van der Waals surface area (Å²) in [7, 11) is 0. The molecular formula is C16H16N2O2. The van der Waals surface area contributed by atoms with Gasteiger partial charge >= 0.3 is 0 Å². The molecule has 20 heavy (non-hydrogen) atoms. The van der Waals surface area contributed by atoms with Crippen LogP contribution in [0.3, 0.4) is 0 Å². The van der Waals surface area contributed by atoms with Crippen molar-refractivity contribution in [2.45, 2.75) is 0 Å². The van der Waals surface area contributed by atoms with Crippen molar-refractivity contribution in [3.05, 3.63) is 54.4 Å². The predicted molar refractivity (Wildman–Crippen MR) is 77.6 cm³/mol. The number of aromatic nitrogens is 1. The molecule has 0 aliphatic heterocycles. The molecule has 0 spiro atoms. The second-order valence-corrected chi connectivity index (χ2v) is 3.93. The van der Waals surface area contributed by atoms with Gasteiger partial charge in [-0.15, -0.1) is 0 Å². The largest absolute Gasteiger partial charge is 0.490 e. The molecule has 0 saturated heterocycles. The van der Waals surface area contributed by atoms with E-state index in [0.29, 0.717) is 25.5 Å². The Morgan fingerprint density at radius 2 is 1.75 bits per heavy atom. The number of nitrogens with zero attached hydrogens (tertiary/aromatic N) is 1. The molecule has 0 atom stereocenters. The van der Waals surface area contributed by atoms with E-state index in [1.165, 1.54) is 0 Å². The molecule has 2 rings (SSSR count). The average molecular weight is 268 g/mol. The van der Waals surface area contributed by atoms with Crippen molar-refractivity contribution in [1.29, 1.82) is 0 Å². The molecule has 0 radical (unpaired) electrons. The molecule has 1 aromatic carbocycles. The summed E-state index contributed by atoms with van der Waals surface area (Å²) >= 11 is 0. The lowest BCUT2D eigenvalue weighted by atomic mass is 10.3. The Morgan fingerprint density at radius 3 is 2.50 bits per heavy atom. The van der Waals surface area contributed by atoms with Crippen LogP contribution in [0, 0.1) is 11.8 Å². The van der Waals surface area contributed by atoms with E-state index in [-0.39, 0.29) is 0 Å². The number of para-hydroxylation sites is 1. The van der Waals surface area contributed by atoms with E-state index in [4.69, 9.17) is 15.2 Å². The predicted octanol–water partition coefficient (Wildman–Crippen LogP) is 1.85. The first kappa shape index (κ1) is 13.9. The molecule has 0 bridgehead atoms. The van der Waals surface area contributed by atoms with Gasteiger partial charge in [0.1, 0.15) is 24.7 Å². The van der Waals surface area contributed by atoms with Crippen molar-refractivity contribution in [2.75, 3.05) is 19.8 Å². The number of benzene rings is 1. The zero-order chi connectivity index (χ0) is 14.0. The monoisotopic (exact) mass is 268 g/mol. The number of hydrogen-bond donors (Lipinski definition) is 1. The van der Waals surface area contributed by atoms with Crippen LogP contribution in [0.1, 0.15) is 5.56 Å². The molecule has 102 valence electrons. The minimum Gasteiger partial charge on any atom is -0.490 e. The Hall–Kier alpha value is -2.51. The Balaban J connectivity index is 1.79. The van der Waals surface area contributed by atoms with Crippen LogP contribution >= 0.6 is 0 Å². The lowest BCUT2D eigenvalue weighted by Crippen LogP contribution is -2.09. The van der Waals surface area contributed by atoms with E-state index in [0.717, 1.165) is 11.3 Å². The van der Waals surface area contributed by atoms with Crippen LogP contribution in [0.4, 0.5) is 0 Å². The molecule has 1 heterocycles. The normalized spacial score (nSPS) is 9.45. The van der Waals surface area contributed by atoms with Crippen molar-refractivity contribution in [3.63, 3.8) is 0 Å². The topological polar surface area (TPSA) is 57.4 Å². The molecule has 0 aliphatic rings. The van der Waals surface area contributed by atoms with Gasteiger partial charge in [0.2, 0.25) is 0 Å². The summed E-state index contributed by atoms with van der Waals surface area (Å²) in [5.74, 6) is 7.19. The molecule has 0 aliphatic carbocycles. The van der Waals surface area contributed by atoms with Crippen LogP contribution < -0.4 is 15.2 Å².